The fourth-order valence-electron chi connectivity index (χ4n) is 5.53. The minimum absolute atomic E-state index is 0.0998. The highest BCUT2D eigenvalue weighted by Crippen LogP contribution is 2.36. The summed E-state index contributed by atoms with van der Waals surface area (Å²) in [6.45, 7) is 3.10. The van der Waals surface area contributed by atoms with Crippen molar-refractivity contribution in [3.63, 3.8) is 0 Å². The van der Waals surface area contributed by atoms with Gasteiger partial charge in [-0.05, 0) is 62.8 Å². The molecular weight excluding hydrogens is 551 g/mol. The average Bonchev–Trinajstić information content (AvgIpc) is 3.65. The van der Waals surface area contributed by atoms with Crippen LogP contribution in [-0.2, 0) is 16.0 Å². The highest BCUT2D eigenvalue weighted by Gasteiger charge is 2.40. The van der Waals surface area contributed by atoms with Crippen LogP contribution in [0.2, 0.25) is 0 Å². The van der Waals surface area contributed by atoms with Crippen molar-refractivity contribution in [2.75, 3.05) is 51.0 Å². The Bertz CT molecular complexity index is 1560. The number of likely N-dealkylation sites (N-methyl/N-ethyl adjacent to an activating group) is 1. The molecule has 1 saturated heterocycles. The Balaban J connectivity index is 1.21. The van der Waals surface area contributed by atoms with Crippen molar-refractivity contribution in [3.8, 4) is 5.69 Å². The third-order valence-electron chi connectivity index (χ3n) is 7.90. The molecule has 12 heteroatoms. The first-order chi connectivity index (χ1) is 20.9. The maximum absolute atomic E-state index is 14.1. The molecule has 2 aliphatic rings. The zero-order chi connectivity index (χ0) is 29.8. The van der Waals surface area contributed by atoms with Crippen molar-refractivity contribution < 1.29 is 18.7 Å². The monoisotopic (exact) mass is 588 g/mol. The van der Waals surface area contributed by atoms with Crippen LogP contribution in [0, 0.1) is 5.82 Å². The molecule has 3 N–H and O–H groups in total. The van der Waals surface area contributed by atoms with Crippen LogP contribution in [0.1, 0.15) is 41.6 Å². The van der Waals surface area contributed by atoms with E-state index in [9.17, 15) is 9.18 Å². The minimum atomic E-state index is -0.450. The molecule has 0 atom stereocenters. The summed E-state index contributed by atoms with van der Waals surface area (Å²) in [5.41, 5.74) is 3.33. The summed E-state index contributed by atoms with van der Waals surface area (Å²) in [6, 6.07) is 14.0. The Morgan fingerprint density at radius 2 is 1.86 bits per heavy atom. The van der Waals surface area contributed by atoms with Gasteiger partial charge in [-0.1, -0.05) is 18.2 Å². The van der Waals surface area contributed by atoms with Crippen LogP contribution in [0.15, 0.2) is 54.9 Å². The van der Waals surface area contributed by atoms with Crippen molar-refractivity contribution >= 4 is 28.8 Å². The van der Waals surface area contributed by atoms with Gasteiger partial charge in [-0.3, -0.25) is 9.36 Å². The topological polar surface area (TPSA) is 118 Å². The van der Waals surface area contributed by atoms with Gasteiger partial charge < -0.3 is 30.3 Å². The summed E-state index contributed by atoms with van der Waals surface area (Å²) >= 11 is 0. The third kappa shape index (κ3) is 6.76. The Morgan fingerprint density at radius 3 is 2.58 bits per heavy atom. The fourth-order valence-corrected chi connectivity index (χ4v) is 5.53. The summed E-state index contributed by atoms with van der Waals surface area (Å²) in [5, 5.41) is 9.84. The number of hydrogen-bond acceptors (Lipinski definition) is 9. The number of amides is 1. The number of aromatic nitrogens is 4. The van der Waals surface area contributed by atoms with Crippen molar-refractivity contribution in [2.24, 2.45) is 0 Å². The van der Waals surface area contributed by atoms with E-state index in [1.54, 1.807) is 17.0 Å². The zero-order valence-electron chi connectivity index (χ0n) is 24.5. The zero-order valence-corrected chi connectivity index (χ0v) is 24.5. The van der Waals surface area contributed by atoms with Gasteiger partial charge in [0.25, 0.3) is 5.91 Å². The Kier molecular flexibility index (Phi) is 8.50. The maximum atomic E-state index is 14.1. The van der Waals surface area contributed by atoms with Gasteiger partial charge in [0.2, 0.25) is 5.95 Å². The first-order valence-electron chi connectivity index (χ1n) is 14.7. The predicted molar refractivity (Wildman–Crippen MR) is 162 cm³/mol. The Labute approximate surface area is 249 Å². The Morgan fingerprint density at radius 1 is 1.09 bits per heavy atom. The van der Waals surface area contributed by atoms with E-state index in [-0.39, 0.29) is 17.8 Å². The molecule has 2 aromatic heterocycles. The number of benzene rings is 2. The van der Waals surface area contributed by atoms with Crippen molar-refractivity contribution in [3.05, 3.63) is 71.8 Å². The predicted octanol–water partition coefficient (Wildman–Crippen LogP) is 3.96. The average molecular weight is 589 g/mol. The van der Waals surface area contributed by atoms with Crippen LogP contribution in [0.4, 0.5) is 16.2 Å². The molecule has 226 valence electrons. The molecule has 11 nitrogen and oxygen atoms in total. The molecule has 2 fully saturated rings. The largest absolute Gasteiger partial charge is 0.364 e. The molecule has 2 aromatic carbocycles. The lowest BCUT2D eigenvalue weighted by Crippen LogP contribution is -2.39. The van der Waals surface area contributed by atoms with E-state index in [2.05, 4.69) is 20.9 Å². The van der Waals surface area contributed by atoms with E-state index < -0.39 is 5.79 Å². The van der Waals surface area contributed by atoms with Crippen LogP contribution < -0.4 is 16.0 Å². The van der Waals surface area contributed by atoms with Crippen LogP contribution in [0.25, 0.3) is 16.9 Å². The number of rotatable bonds is 10. The molecule has 6 rings (SSSR count). The van der Waals surface area contributed by atoms with Crippen LogP contribution in [0.3, 0.4) is 0 Å². The van der Waals surface area contributed by atoms with E-state index in [1.165, 1.54) is 12.1 Å². The van der Waals surface area contributed by atoms with Gasteiger partial charge in [-0.2, -0.15) is 9.97 Å². The number of nitrogens with zero attached hydrogens (tertiary/aromatic N) is 5. The quantitative estimate of drug-likeness (QED) is 0.253. The van der Waals surface area contributed by atoms with Gasteiger partial charge in [0.15, 0.2) is 22.8 Å². The SMILES string of the molecule is CN(C)CCNC(=O)c1ccc(CNc2nc(NC3CCC4(CC3)OCCO4)nc3c2ncn3-c2cccc(F)c2)cc1. The second-order valence-electron chi connectivity index (χ2n) is 11.3. The maximum Gasteiger partial charge on any atom is 0.251 e. The van der Waals surface area contributed by atoms with E-state index >= 15 is 0 Å². The number of anilines is 2. The molecule has 1 spiro atoms. The number of imidazole rings is 1. The highest BCUT2D eigenvalue weighted by molar-refractivity contribution is 5.94. The van der Waals surface area contributed by atoms with E-state index in [1.807, 2.05) is 49.3 Å². The molecule has 0 unspecified atom stereocenters. The fraction of sp³-hybridized carbons (Fsp3) is 0.419. The number of nitrogens with one attached hydrogen (secondary N) is 3. The summed E-state index contributed by atoms with van der Waals surface area (Å²) < 4.78 is 27.6. The first-order valence-corrected chi connectivity index (χ1v) is 14.7. The number of halogens is 1. The number of carbonyl (C=O) groups is 1. The molecule has 3 heterocycles. The number of carbonyl (C=O) groups excluding carboxylic acids is 1. The lowest BCUT2D eigenvalue weighted by atomic mass is 9.90. The first kappa shape index (κ1) is 29.0. The summed E-state index contributed by atoms with van der Waals surface area (Å²) in [5.74, 6) is 0.133. The van der Waals surface area contributed by atoms with Crippen molar-refractivity contribution in [1.29, 1.82) is 0 Å². The molecule has 0 radical (unpaired) electrons. The summed E-state index contributed by atoms with van der Waals surface area (Å²) in [4.78, 5) is 28.7. The van der Waals surface area contributed by atoms with Crippen molar-refractivity contribution in [1.82, 2.24) is 29.7 Å². The lowest BCUT2D eigenvalue weighted by Gasteiger charge is -2.35. The Hall–Kier alpha value is -4.13. The molecule has 1 amide bonds. The number of hydrogen-bond donors (Lipinski definition) is 3. The minimum Gasteiger partial charge on any atom is -0.364 e. The smallest absolute Gasteiger partial charge is 0.251 e. The highest BCUT2D eigenvalue weighted by atomic mass is 19.1. The van der Waals surface area contributed by atoms with Crippen LogP contribution >= 0.6 is 0 Å². The second kappa shape index (κ2) is 12.6. The molecular formula is C31H37FN8O3. The molecule has 43 heavy (non-hydrogen) atoms. The molecule has 4 aromatic rings. The van der Waals surface area contributed by atoms with Crippen LogP contribution in [-0.4, -0.2) is 82.6 Å². The van der Waals surface area contributed by atoms with Gasteiger partial charge in [-0.15, -0.1) is 0 Å². The van der Waals surface area contributed by atoms with E-state index in [0.717, 1.165) is 37.8 Å². The summed E-state index contributed by atoms with van der Waals surface area (Å²) in [7, 11) is 3.94. The van der Waals surface area contributed by atoms with Gasteiger partial charge in [0, 0.05) is 44.1 Å². The third-order valence-corrected chi connectivity index (χ3v) is 7.90. The van der Waals surface area contributed by atoms with E-state index in [0.29, 0.717) is 60.5 Å². The molecule has 0 bridgehead atoms. The van der Waals surface area contributed by atoms with Gasteiger partial charge in [-0.25, -0.2) is 9.37 Å². The molecule has 1 saturated carbocycles. The van der Waals surface area contributed by atoms with Crippen LogP contribution in [0.5, 0.6) is 0 Å². The second-order valence-corrected chi connectivity index (χ2v) is 11.3. The summed E-state index contributed by atoms with van der Waals surface area (Å²) in [6.07, 6.45) is 4.97. The lowest BCUT2D eigenvalue weighted by molar-refractivity contribution is -0.177. The van der Waals surface area contributed by atoms with Gasteiger partial charge in [0.05, 0.1) is 18.9 Å². The molecule has 1 aliphatic carbocycles. The van der Waals surface area contributed by atoms with E-state index in [4.69, 9.17) is 19.4 Å². The standard InChI is InChI=1S/C31H37FN8O3/c1-39(2)15-14-33-29(41)22-8-6-21(7-9-22)19-34-27-26-28(40(20-35-26)25-5-3-4-23(32)18-25)38-30(37-27)36-24-10-12-31(13-11-24)42-16-17-43-31/h3-9,18,20,24H,10-17,19H2,1-2H3,(H,33,41)(H2,34,36,37,38). The van der Waals surface area contributed by atoms with Gasteiger partial charge in [0.1, 0.15) is 12.1 Å². The number of ether oxygens (including phenoxy) is 2. The van der Waals surface area contributed by atoms with Gasteiger partial charge >= 0.3 is 0 Å². The molecule has 1 aliphatic heterocycles. The number of fused-ring (bicyclic) bond motifs is 1. The van der Waals surface area contributed by atoms with Crippen molar-refractivity contribution in [2.45, 2.75) is 44.1 Å². The normalized spacial score (nSPS) is 16.7.